The number of fused-ring (bicyclic) bond motifs is 1. The topological polar surface area (TPSA) is 43.1 Å². The number of nitrogens with zero attached hydrogens (tertiary/aromatic N) is 4. The third kappa shape index (κ3) is 1.88. The lowest BCUT2D eigenvalue weighted by molar-refractivity contribution is 0.999. The van der Waals surface area contributed by atoms with Crippen LogP contribution in [0.15, 0.2) is 18.2 Å². The molecule has 0 N–H and O–H groups in total. The van der Waals surface area contributed by atoms with Crippen LogP contribution in [-0.4, -0.2) is 19.6 Å². The Morgan fingerprint density at radius 3 is 2.45 bits per heavy atom. The van der Waals surface area contributed by atoms with Crippen molar-refractivity contribution < 1.29 is 0 Å². The summed E-state index contributed by atoms with van der Waals surface area (Å²) in [5.74, 6) is 0.799. The van der Waals surface area contributed by atoms with Crippen LogP contribution in [0.1, 0.15) is 22.5 Å². The molecule has 5 heteroatoms. The smallest absolute Gasteiger partial charge is 0.199 e. The minimum Gasteiger partial charge on any atom is -0.275 e. The van der Waals surface area contributed by atoms with Gasteiger partial charge in [0.05, 0.1) is 5.69 Å². The summed E-state index contributed by atoms with van der Waals surface area (Å²) < 4.78 is 1.97. The Morgan fingerprint density at radius 2 is 1.75 bits per heavy atom. The summed E-state index contributed by atoms with van der Waals surface area (Å²) in [7, 11) is 0. The van der Waals surface area contributed by atoms with Gasteiger partial charge in [0.15, 0.2) is 16.6 Å². The van der Waals surface area contributed by atoms with Gasteiger partial charge in [-0.25, -0.2) is 4.98 Å². The molecule has 3 aromatic rings. The van der Waals surface area contributed by atoms with E-state index in [-0.39, 0.29) is 0 Å². The van der Waals surface area contributed by atoms with Gasteiger partial charge in [-0.1, -0.05) is 23.7 Å². The van der Waals surface area contributed by atoms with Crippen LogP contribution in [0.4, 0.5) is 0 Å². The first kappa shape index (κ1) is 13.1. The minimum absolute atomic E-state index is 0.385. The van der Waals surface area contributed by atoms with Gasteiger partial charge in [0.25, 0.3) is 0 Å². The number of aromatic nitrogens is 4. The third-order valence-electron chi connectivity index (χ3n) is 3.74. The van der Waals surface area contributed by atoms with Crippen LogP contribution in [0, 0.1) is 27.7 Å². The summed E-state index contributed by atoms with van der Waals surface area (Å²) in [6.45, 7) is 8.12. The van der Waals surface area contributed by atoms with Gasteiger partial charge in [0, 0.05) is 11.3 Å². The number of rotatable bonds is 1. The highest BCUT2D eigenvalue weighted by Gasteiger charge is 2.15. The lowest BCUT2D eigenvalue weighted by Gasteiger charge is -2.08. The maximum Gasteiger partial charge on any atom is 0.199 e. The summed E-state index contributed by atoms with van der Waals surface area (Å²) in [5.41, 5.74) is 6.01. The van der Waals surface area contributed by atoms with Crippen LogP contribution >= 0.6 is 11.6 Å². The Labute approximate surface area is 122 Å². The lowest BCUT2D eigenvalue weighted by Crippen LogP contribution is -2.01. The van der Waals surface area contributed by atoms with E-state index in [4.69, 9.17) is 11.6 Å². The van der Waals surface area contributed by atoms with Crippen molar-refractivity contribution in [2.75, 3.05) is 0 Å². The SMILES string of the molecule is Cc1ccc(-c2nnc3c(Cl)nc(C)c(C)n23)cc1C. The van der Waals surface area contributed by atoms with Gasteiger partial charge in [0.2, 0.25) is 0 Å². The molecule has 0 unspecified atom stereocenters. The van der Waals surface area contributed by atoms with Crippen LogP contribution in [-0.2, 0) is 0 Å². The molecule has 0 fully saturated rings. The fraction of sp³-hybridized carbons (Fsp3) is 0.267. The molecule has 0 aliphatic heterocycles. The molecule has 1 aromatic carbocycles. The quantitative estimate of drug-likeness (QED) is 0.685. The molecule has 0 atom stereocenters. The van der Waals surface area contributed by atoms with E-state index in [9.17, 15) is 0 Å². The van der Waals surface area contributed by atoms with Crippen LogP contribution in [0.3, 0.4) is 0 Å². The zero-order valence-corrected chi connectivity index (χ0v) is 12.7. The molecule has 0 saturated heterocycles. The number of benzene rings is 1. The lowest BCUT2D eigenvalue weighted by atomic mass is 10.1. The standard InChI is InChI=1S/C15H15ClN4/c1-8-5-6-12(7-9(8)2)14-18-19-15-13(16)17-10(3)11(4)20(14)15/h5-7H,1-4H3. The predicted octanol–water partition coefficient (Wildman–Crippen LogP) is 3.68. The highest BCUT2D eigenvalue weighted by molar-refractivity contribution is 6.32. The number of hydrogen-bond donors (Lipinski definition) is 0. The van der Waals surface area contributed by atoms with Crippen LogP contribution < -0.4 is 0 Å². The number of hydrogen-bond acceptors (Lipinski definition) is 3. The Bertz CT molecular complexity index is 820. The normalized spacial score (nSPS) is 11.2. The molecule has 20 heavy (non-hydrogen) atoms. The second kappa shape index (κ2) is 4.56. The van der Waals surface area contributed by atoms with Crippen molar-refractivity contribution in [1.82, 2.24) is 19.6 Å². The van der Waals surface area contributed by atoms with Crippen LogP contribution in [0.5, 0.6) is 0 Å². The average molecular weight is 287 g/mol. The second-order valence-electron chi connectivity index (χ2n) is 5.06. The maximum atomic E-state index is 6.16. The Kier molecular flexibility index (Phi) is 2.98. The Morgan fingerprint density at radius 1 is 1.00 bits per heavy atom. The molecular formula is C15H15ClN4. The monoisotopic (exact) mass is 286 g/mol. The molecule has 102 valence electrons. The third-order valence-corrected chi connectivity index (χ3v) is 3.99. The minimum atomic E-state index is 0.385. The van der Waals surface area contributed by atoms with Gasteiger partial charge in [-0.3, -0.25) is 4.40 Å². The molecule has 0 aliphatic carbocycles. The number of halogens is 1. The molecule has 2 heterocycles. The summed E-state index contributed by atoms with van der Waals surface area (Å²) in [6, 6.07) is 6.27. The van der Waals surface area contributed by atoms with Crippen LogP contribution in [0.25, 0.3) is 17.0 Å². The van der Waals surface area contributed by atoms with Crippen molar-refractivity contribution in [1.29, 1.82) is 0 Å². The molecule has 0 radical (unpaired) electrons. The van der Waals surface area contributed by atoms with E-state index >= 15 is 0 Å². The molecule has 0 spiro atoms. The van der Waals surface area contributed by atoms with Gasteiger partial charge < -0.3 is 0 Å². The van der Waals surface area contributed by atoms with E-state index in [1.807, 2.05) is 18.2 Å². The summed E-state index contributed by atoms with van der Waals surface area (Å²) in [5, 5.41) is 8.84. The van der Waals surface area contributed by atoms with E-state index in [2.05, 4.69) is 47.2 Å². The van der Waals surface area contributed by atoms with Crippen molar-refractivity contribution >= 4 is 17.2 Å². The predicted molar refractivity (Wildman–Crippen MR) is 80.2 cm³/mol. The van der Waals surface area contributed by atoms with E-state index in [0.29, 0.717) is 10.8 Å². The van der Waals surface area contributed by atoms with Crippen LogP contribution in [0.2, 0.25) is 5.15 Å². The molecule has 4 nitrogen and oxygen atoms in total. The average Bonchev–Trinajstić information content (AvgIpc) is 2.85. The molecule has 3 rings (SSSR count). The van der Waals surface area contributed by atoms with E-state index in [1.54, 1.807) is 0 Å². The second-order valence-corrected chi connectivity index (χ2v) is 5.41. The fourth-order valence-corrected chi connectivity index (χ4v) is 2.49. The Hall–Kier alpha value is -1.94. The van der Waals surface area contributed by atoms with Gasteiger partial charge in [-0.05, 0) is 44.9 Å². The van der Waals surface area contributed by atoms with Crippen molar-refractivity contribution in [3.05, 3.63) is 45.9 Å². The molecule has 0 amide bonds. The summed E-state index contributed by atoms with van der Waals surface area (Å²) >= 11 is 6.16. The van der Waals surface area contributed by atoms with Gasteiger partial charge in [-0.2, -0.15) is 0 Å². The maximum absolute atomic E-state index is 6.16. The molecule has 2 aromatic heterocycles. The largest absolute Gasteiger partial charge is 0.275 e. The van der Waals surface area contributed by atoms with E-state index < -0.39 is 0 Å². The first-order valence-corrected chi connectivity index (χ1v) is 6.82. The van der Waals surface area contributed by atoms with E-state index in [0.717, 1.165) is 22.8 Å². The highest BCUT2D eigenvalue weighted by atomic mass is 35.5. The van der Waals surface area contributed by atoms with Gasteiger partial charge in [0.1, 0.15) is 0 Å². The highest BCUT2D eigenvalue weighted by Crippen LogP contribution is 2.25. The Balaban J connectivity index is 2.34. The summed E-state index contributed by atoms with van der Waals surface area (Å²) in [4.78, 5) is 4.28. The first-order chi connectivity index (χ1) is 9.49. The fourth-order valence-electron chi connectivity index (χ4n) is 2.24. The van der Waals surface area contributed by atoms with Crippen molar-refractivity contribution in [3.8, 4) is 11.4 Å². The van der Waals surface area contributed by atoms with Gasteiger partial charge >= 0.3 is 0 Å². The molecule has 0 aliphatic rings. The van der Waals surface area contributed by atoms with Crippen molar-refractivity contribution in [3.63, 3.8) is 0 Å². The van der Waals surface area contributed by atoms with E-state index in [1.165, 1.54) is 11.1 Å². The molecular weight excluding hydrogens is 272 g/mol. The zero-order chi connectivity index (χ0) is 14.4. The van der Waals surface area contributed by atoms with Crippen molar-refractivity contribution in [2.45, 2.75) is 27.7 Å². The zero-order valence-electron chi connectivity index (χ0n) is 11.9. The first-order valence-electron chi connectivity index (χ1n) is 6.44. The van der Waals surface area contributed by atoms with Crippen molar-refractivity contribution in [2.24, 2.45) is 0 Å². The van der Waals surface area contributed by atoms with Gasteiger partial charge in [-0.15, -0.1) is 10.2 Å². The number of aryl methyl sites for hydroxylation is 4. The molecule has 0 bridgehead atoms. The summed E-state index contributed by atoms with van der Waals surface area (Å²) in [6.07, 6.45) is 0. The molecule has 0 saturated carbocycles.